The second-order valence-corrected chi connectivity index (χ2v) is 13.4. The van der Waals surface area contributed by atoms with E-state index in [0.29, 0.717) is 25.8 Å². The highest BCUT2D eigenvalue weighted by Gasteiger charge is 2.17. The Morgan fingerprint density at radius 2 is 0.795 bits per heavy atom. The largest absolute Gasteiger partial charge is 0.368 e. The van der Waals surface area contributed by atoms with Gasteiger partial charge in [0.15, 0.2) is 0 Å². The molecule has 0 aliphatic rings. The van der Waals surface area contributed by atoms with E-state index in [2.05, 4.69) is 24.5 Å². The summed E-state index contributed by atoms with van der Waals surface area (Å²) in [5.74, 6) is -0.441. The zero-order valence-electron chi connectivity index (χ0n) is 29.5. The summed E-state index contributed by atoms with van der Waals surface area (Å²) < 4.78 is 0. The maximum atomic E-state index is 12.3. The van der Waals surface area contributed by atoms with Crippen LogP contribution in [0.3, 0.4) is 0 Å². The Kier molecular flexibility index (Phi) is 33.0. The molecule has 0 aliphatic carbocycles. The van der Waals surface area contributed by atoms with E-state index < -0.39 is 11.9 Å². The maximum absolute atomic E-state index is 12.3. The van der Waals surface area contributed by atoms with Gasteiger partial charge in [-0.05, 0) is 32.1 Å². The predicted octanol–water partition coefficient (Wildman–Crippen LogP) is 10.2. The lowest BCUT2D eigenvalue weighted by Gasteiger charge is -2.15. The number of unbranched alkanes of at least 4 members (excludes halogenated alkanes) is 25. The Bertz CT molecular complexity index is 655. The highest BCUT2D eigenvalue weighted by molar-refractivity contribution is 5.86. The molecule has 0 saturated heterocycles. The molecule has 0 aromatic heterocycles. The molecule has 6 heteroatoms. The SMILES string of the molecule is CCCCCCCCCCCCCCCC(=O)NCCCCC(NC(=O)CCCCCCCCCCCCCCC)C(N)=O. The molecule has 0 aromatic carbocycles. The summed E-state index contributed by atoms with van der Waals surface area (Å²) >= 11 is 0. The van der Waals surface area contributed by atoms with Crippen molar-refractivity contribution in [3.8, 4) is 0 Å². The van der Waals surface area contributed by atoms with Crippen LogP contribution in [-0.4, -0.2) is 30.3 Å². The highest BCUT2D eigenvalue weighted by atomic mass is 16.2. The zero-order valence-corrected chi connectivity index (χ0v) is 29.5. The minimum atomic E-state index is -0.619. The van der Waals surface area contributed by atoms with Crippen molar-refractivity contribution in [1.82, 2.24) is 10.6 Å². The average molecular weight is 622 g/mol. The molecule has 44 heavy (non-hydrogen) atoms. The highest BCUT2D eigenvalue weighted by Crippen LogP contribution is 2.14. The molecular formula is C38H75N3O3. The number of carbonyl (C=O) groups is 3. The fourth-order valence-corrected chi connectivity index (χ4v) is 5.95. The van der Waals surface area contributed by atoms with Gasteiger partial charge in [0, 0.05) is 19.4 Å². The predicted molar refractivity (Wildman–Crippen MR) is 189 cm³/mol. The summed E-state index contributed by atoms with van der Waals surface area (Å²) in [7, 11) is 0. The van der Waals surface area contributed by atoms with Crippen LogP contribution in [-0.2, 0) is 14.4 Å². The van der Waals surface area contributed by atoms with Crippen LogP contribution in [0.5, 0.6) is 0 Å². The summed E-state index contributed by atoms with van der Waals surface area (Å²) in [5.41, 5.74) is 5.54. The van der Waals surface area contributed by atoms with Crippen LogP contribution in [0.15, 0.2) is 0 Å². The fraction of sp³-hybridized carbons (Fsp3) is 0.921. The number of amides is 3. The van der Waals surface area contributed by atoms with Crippen molar-refractivity contribution in [2.45, 2.75) is 219 Å². The molecular weight excluding hydrogens is 546 g/mol. The molecule has 0 fully saturated rings. The van der Waals surface area contributed by atoms with Crippen molar-refractivity contribution >= 4 is 17.7 Å². The van der Waals surface area contributed by atoms with Gasteiger partial charge in [-0.15, -0.1) is 0 Å². The third kappa shape index (κ3) is 31.8. The molecule has 1 atom stereocenters. The van der Waals surface area contributed by atoms with Gasteiger partial charge < -0.3 is 16.4 Å². The van der Waals surface area contributed by atoms with Crippen LogP contribution in [0.25, 0.3) is 0 Å². The number of hydrogen-bond donors (Lipinski definition) is 3. The summed E-state index contributed by atoms with van der Waals surface area (Å²) in [6.45, 7) is 5.14. The summed E-state index contributed by atoms with van der Waals surface area (Å²) in [4.78, 5) is 36.3. The molecule has 0 saturated carbocycles. The summed E-state index contributed by atoms with van der Waals surface area (Å²) in [6, 6.07) is -0.619. The van der Waals surface area contributed by atoms with Crippen LogP contribution < -0.4 is 16.4 Å². The molecule has 0 heterocycles. The first-order chi connectivity index (χ1) is 21.5. The van der Waals surface area contributed by atoms with Crippen LogP contribution in [0.4, 0.5) is 0 Å². The standard InChI is InChI=1S/C38H75N3O3/c1-3-5-7-9-11-13-15-17-19-21-23-25-27-32-36(42)40-34-30-29-31-35(38(39)44)41-37(43)33-28-26-24-22-20-18-16-14-12-10-8-6-4-2/h35H,3-34H2,1-2H3,(H2,39,44)(H,40,42)(H,41,43). The number of nitrogens with one attached hydrogen (secondary N) is 2. The van der Waals surface area contributed by atoms with E-state index in [1.807, 2.05) is 0 Å². The lowest BCUT2D eigenvalue weighted by Crippen LogP contribution is -2.44. The Hall–Kier alpha value is -1.59. The topological polar surface area (TPSA) is 101 Å². The third-order valence-electron chi connectivity index (χ3n) is 8.94. The number of nitrogens with two attached hydrogens (primary N) is 1. The Balaban J connectivity index is 3.60. The fourth-order valence-electron chi connectivity index (χ4n) is 5.95. The normalized spacial score (nSPS) is 11.9. The minimum Gasteiger partial charge on any atom is -0.368 e. The summed E-state index contributed by atoms with van der Waals surface area (Å²) in [6.07, 6.45) is 36.6. The van der Waals surface area contributed by atoms with Gasteiger partial charge in [0.25, 0.3) is 0 Å². The first kappa shape index (κ1) is 42.4. The molecule has 4 N–H and O–H groups in total. The van der Waals surface area contributed by atoms with Gasteiger partial charge in [-0.3, -0.25) is 14.4 Å². The van der Waals surface area contributed by atoms with Crippen LogP contribution in [0, 0.1) is 0 Å². The number of hydrogen-bond acceptors (Lipinski definition) is 3. The Labute approximate surface area is 273 Å². The van der Waals surface area contributed by atoms with Crippen molar-refractivity contribution < 1.29 is 14.4 Å². The van der Waals surface area contributed by atoms with Gasteiger partial charge >= 0.3 is 0 Å². The second kappa shape index (κ2) is 34.3. The van der Waals surface area contributed by atoms with Crippen molar-refractivity contribution in [3.63, 3.8) is 0 Å². The molecule has 0 bridgehead atoms. The monoisotopic (exact) mass is 622 g/mol. The minimum absolute atomic E-state index is 0.0806. The van der Waals surface area contributed by atoms with Gasteiger partial charge in [-0.2, -0.15) is 0 Å². The van der Waals surface area contributed by atoms with Crippen LogP contribution >= 0.6 is 0 Å². The van der Waals surface area contributed by atoms with E-state index >= 15 is 0 Å². The molecule has 260 valence electrons. The Morgan fingerprint density at radius 3 is 1.16 bits per heavy atom. The molecule has 3 amide bonds. The van der Waals surface area contributed by atoms with Crippen LogP contribution in [0.1, 0.15) is 213 Å². The molecule has 0 aromatic rings. The quantitative estimate of drug-likeness (QED) is 0.0614. The Morgan fingerprint density at radius 1 is 0.455 bits per heavy atom. The third-order valence-corrected chi connectivity index (χ3v) is 8.94. The van der Waals surface area contributed by atoms with E-state index in [4.69, 9.17) is 5.73 Å². The van der Waals surface area contributed by atoms with Crippen LogP contribution in [0.2, 0.25) is 0 Å². The molecule has 0 radical (unpaired) electrons. The van der Waals surface area contributed by atoms with Crippen molar-refractivity contribution in [2.75, 3.05) is 6.54 Å². The van der Waals surface area contributed by atoms with Gasteiger partial charge in [-0.1, -0.05) is 168 Å². The van der Waals surface area contributed by atoms with Crippen molar-refractivity contribution in [3.05, 3.63) is 0 Å². The molecule has 1 unspecified atom stereocenters. The van der Waals surface area contributed by atoms with E-state index in [1.54, 1.807) is 0 Å². The van der Waals surface area contributed by atoms with E-state index in [-0.39, 0.29) is 11.8 Å². The van der Waals surface area contributed by atoms with E-state index in [9.17, 15) is 14.4 Å². The van der Waals surface area contributed by atoms with Gasteiger partial charge in [-0.25, -0.2) is 0 Å². The zero-order chi connectivity index (χ0) is 32.4. The lowest BCUT2D eigenvalue weighted by atomic mass is 10.0. The first-order valence-corrected chi connectivity index (χ1v) is 19.4. The number of rotatable bonds is 35. The summed E-state index contributed by atoms with van der Waals surface area (Å²) in [5, 5.41) is 5.82. The maximum Gasteiger partial charge on any atom is 0.239 e. The first-order valence-electron chi connectivity index (χ1n) is 19.4. The van der Waals surface area contributed by atoms with Crippen molar-refractivity contribution in [2.24, 2.45) is 5.73 Å². The molecule has 0 spiro atoms. The number of primary amides is 1. The average Bonchev–Trinajstić information content (AvgIpc) is 3.00. The second-order valence-electron chi connectivity index (χ2n) is 13.4. The van der Waals surface area contributed by atoms with Gasteiger partial charge in [0.2, 0.25) is 17.7 Å². The molecule has 0 rings (SSSR count). The van der Waals surface area contributed by atoms with Gasteiger partial charge in [0.05, 0.1) is 0 Å². The number of carbonyl (C=O) groups excluding carboxylic acids is 3. The van der Waals surface area contributed by atoms with E-state index in [0.717, 1.165) is 38.5 Å². The van der Waals surface area contributed by atoms with E-state index in [1.165, 1.54) is 141 Å². The van der Waals surface area contributed by atoms with Gasteiger partial charge in [0.1, 0.15) is 6.04 Å². The molecule has 0 aliphatic heterocycles. The smallest absolute Gasteiger partial charge is 0.239 e. The lowest BCUT2D eigenvalue weighted by molar-refractivity contribution is -0.127. The molecule has 6 nitrogen and oxygen atoms in total. The van der Waals surface area contributed by atoms with Crippen molar-refractivity contribution in [1.29, 1.82) is 0 Å².